The van der Waals surface area contributed by atoms with E-state index in [1.165, 1.54) is 25.7 Å². The van der Waals surface area contributed by atoms with Crippen LogP contribution in [0.3, 0.4) is 0 Å². The predicted molar refractivity (Wildman–Crippen MR) is 59.7 cm³/mol. The van der Waals surface area contributed by atoms with Gasteiger partial charge in [-0.1, -0.05) is 13.8 Å². The van der Waals surface area contributed by atoms with Crippen molar-refractivity contribution in [3.8, 4) is 0 Å². The van der Waals surface area contributed by atoms with Crippen molar-refractivity contribution in [3.63, 3.8) is 0 Å². The van der Waals surface area contributed by atoms with E-state index in [0.717, 1.165) is 31.3 Å². The van der Waals surface area contributed by atoms with E-state index in [1.54, 1.807) is 0 Å². The number of amidine groups is 1. The average Bonchev–Trinajstić information content (AvgIpc) is 2.90. The minimum atomic E-state index is 0.573. The Bertz CT molecular complexity index is 228. The zero-order chi connectivity index (χ0) is 10.2. The zero-order valence-electron chi connectivity index (χ0n) is 9.47. The third kappa shape index (κ3) is 1.79. The fourth-order valence-corrected chi connectivity index (χ4v) is 2.52. The molecule has 14 heavy (non-hydrogen) atoms. The number of piperidine rings is 1. The van der Waals surface area contributed by atoms with Gasteiger partial charge in [-0.3, -0.25) is 5.41 Å². The van der Waals surface area contributed by atoms with Crippen LogP contribution in [0.2, 0.25) is 0 Å². The molecule has 1 saturated carbocycles. The normalized spacial score (nSPS) is 25.6. The van der Waals surface area contributed by atoms with Crippen LogP contribution >= 0.6 is 0 Å². The molecule has 1 aliphatic carbocycles. The Morgan fingerprint density at radius 1 is 1.36 bits per heavy atom. The largest absolute Gasteiger partial charge is 0.360 e. The summed E-state index contributed by atoms with van der Waals surface area (Å²) in [6.45, 7) is 6.96. The van der Waals surface area contributed by atoms with Gasteiger partial charge in [0, 0.05) is 19.5 Å². The van der Waals surface area contributed by atoms with Gasteiger partial charge in [-0.2, -0.15) is 0 Å². The van der Waals surface area contributed by atoms with Crippen molar-refractivity contribution in [2.45, 2.75) is 46.0 Å². The van der Waals surface area contributed by atoms with Crippen molar-refractivity contribution < 1.29 is 0 Å². The monoisotopic (exact) mass is 194 g/mol. The van der Waals surface area contributed by atoms with Gasteiger partial charge < -0.3 is 4.90 Å². The molecular formula is C12H22N2. The van der Waals surface area contributed by atoms with Crippen molar-refractivity contribution in [1.29, 1.82) is 5.41 Å². The minimum Gasteiger partial charge on any atom is -0.360 e. The van der Waals surface area contributed by atoms with Crippen molar-refractivity contribution in [3.05, 3.63) is 0 Å². The fraction of sp³-hybridized carbons (Fsp3) is 0.917. The first-order valence-corrected chi connectivity index (χ1v) is 5.96. The number of hydrogen-bond donors (Lipinski definition) is 1. The summed E-state index contributed by atoms with van der Waals surface area (Å²) in [5.74, 6) is 1.68. The van der Waals surface area contributed by atoms with Crippen LogP contribution in [-0.2, 0) is 0 Å². The Labute approximate surface area is 87.2 Å². The summed E-state index contributed by atoms with van der Waals surface area (Å²) in [5, 5.41) is 7.92. The second-order valence-corrected chi connectivity index (χ2v) is 5.34. The topological polar surface area (TPSA) is 27.1 Å². The Hall–Kier alpha value is -0.530. The number of likely N-dealkylation sites (tertiary alicyclic amines) is 1. The second kappa shape index (κ2) is 3.56. The fourth-order valence-electron chi connectivity index (χ4n) is 2.52. The maximum absolute atomic E-state index is 7.92. The molecule has 0 bridgehead atoms. The standard InChI is InChI=1S/C12H22N2/c1-10(2)12(6-7-12)9-14-8-4-3-5-11(14)13/h10,13H,3-9H2,1-2H3. The molecule has 80 valence electrons. The van der Waals surface area contributed by atoms with E-state index in [1.807, 2.05) is 0 Å². The third-order valence-electron chi connectivity index (χ3n) is 4.10. The molecule has 0 atom stereocenters. The smallest absolute Gasteiger partial charge is 0.0957 e. The van der Waals surface area contributed by atoms with Gasteiger partial charge in [-0.05, 0) is 37.0 Å². The molecule has 0 aromatic heterocycles. The van der Waals surface area contributed by atoms with Crippen molar-refractivity contribution in [2.75, 3.05) is 13.1 Å². The Morgan fingerprint density at radius 3 is 2.57 bits per heavy atom. The molecule has 0 aromatic carbocycles. The number of nitrogens with one attached hydrogen (secondary N) is 1. The van der Waals surface area contributed by atoms with Gasteiger partial charge in [0.25, 0.3) is 0 Å². The van der Waals surface area contributed by atoms with Crippen LogP contribution in [0, 0.1) is 16.7 Å². The Balaban J connectivity index is 1.93. The quantitative estimate of drug-likeness (QED) is 0.735. The second-order valence-electron chi connectivity index (χ2n) is 5.34. The molecule has 1 heterocycles. The first-order valence-electron chi connectivity index (χ1n) is 5.96. The summed E-state index contributed by atoms with van der Waals surface area (Å²) in [7, 11) is 0. The zero-order valence-corrected chi connectivity index (χ0v) is 9.47. The molecule has 0 spiro atoms. The van der Waals surface area contributed by atoms with Gasteiger partial charge >= 0.3 is 0 Å². The molecule has 0 amide bonds. The van der Waals surface area contributed by atoms with E-state index in [0.29, 0.717) is 5.41 Å². The molecular weight excluding hydrogens is 172 g/mol. The third-order valence-corrected chi connectivity index (χ3v) is 4.10. The maximum Gasteiger partial charge on any atom is 0.0957 e. The van der Waals surface area contributed by atoms with Crippen LogP contribution in [0.15, 0.2) is 0 Å². The molecule has 2 nitrogen and oxygen atoms in total. The van der Waals surface area contributed by atoms with Crippen molar-refractivity contribution in [1.82, 2.24) is 4.90 Å². The highest BCUT2D eigenvalue weighted by Crippen LogP contribution is 2.52. The highest BCUT2D eigenvalue weighted by atomic mass is 15.2. The van der Waals surface area contributed by atoms with E-state index >= 15 is 0 Å². The van der Waals surface area contributed by atoms with Gasteiger partial charge in [0.15, 0.2) is 0 Å². The van der Waals surface area contributed by atoms with Crippen LogP contribution in [-0.4, -0.2) is 23.8 Å². The average molecular weight is 194 g/mol. The Kier molecular flexibility index (Phi) is 2.54. The van der Waals surface area contributed by atoms with Crippen LogP contribution in [0.25, 0.3) is 0 Å². The molecule has 2 heteroatoms. The van der Waals surface area contributed by atoms with E-state index in [9.17, 15) is 0 Å². The summed E-state index contributed by atoms with van der Waals surface area (Å²) in [5.41, 5.74) is 0.573. The highest BCUT2D eigenvalue weighted by molar-refractivity contribution is 5.79. The van der Waals surface area contributed by atoms with Crippen molar-refractivity contribution >= 4 is 5.84 Å². The molecule has 0 radical (unpaired) electrons. The van der Waals surface area contributed by atoms with Crippen LogP contribution < -0.4 is 0 Å². The van der Waals surface area contributed by atoms with E-state index in [4.69, 9.17) is 5.41 Å². The highest BCUT2D eigenvalue weighted by Gasteiger charge is 2.46. The molecule has 1 saturated heterocycles. The minimum absolute atomic E-state index is 0.573. The number of rotatable bonds is 3. The van der Waals surface area contributed by atoms with Gasteiger partial charge in [0.2, 0.25) is 0 Å². The van der Waals surface area contributed by atoms with Gasteiger partial charge in [-0.25, -0.2) is 0 Å². The summed E-state index contributed by atoms with van der Waals surface area (Å²) < 4.78 is 0. The predicted octanol–water partition coefficient (Wildman–Crippen LogP) is 2.89. The lowest BCUT2D eigenvalue weighted by Gasteiger charge is -2.34. The molecule has 2 rings (SSSR count). The van der Waals surface area contributed by atoms with Gasteiger partial charge in [0.1, 0.15) is 0 Å². The first-order chi connectivity index (χ1) is 6.64. The summed E-state index contributed by atoms with van der Waals surface area (Å²) >= 11 is 0. The van der Waals surface area contributed by atoms with Gasteiger partial charge in [-0.15, -0.1) is 0 Å². The maximum atomic E-state index is 7.92. The lowest BCUT2D eigenvalue weighted by Crippen LogP contribution is -2.40. The summed E-state index contributed by atoms with van der Waals surface area (Å²) in [6, 6.07) is 0. The summed E-state index contributed by atoms with van der Waals surface area (Å²) in [4.78, 5) is 2.33. The molecule has 0 aromatic rings. The molecule has 1 N–H and O–H groups in total. The summed E-state index contributed by atoms with van der Waals surface area (Å²) in [6.07, 6.45) is 6.29. The van der Waals surface area contributed by atoms with E-state index in [-0.39, 0.29) is 0 Å². The van der Waals surface area contributed by atoms with Crippen LogP contribution in [0.1, 0.15) is 46.0 Å². The van der Waals surface area contributed by atoms with Crippen molar-refractivity contribution in [2.24, 2.45) is 11.3 Å². The first kappa shape index (κ1) is 10.0. The molecule has 0 unspecified atom stereocenters. The molecule has 2 fully saturated rings. The SMILES string of the molecule is CC(C)C1(CN2CCCCC2=N)CC1. The van der Waals surface area contributed by atoms with Crippen LogP contribution in [0.4, 0.5) is 0 Å². The number of nitrogens with zero attached hydrogens (tertiary/aromatic N) is 1. The lowest BCUT2D eigenvalue weighted by atomic mass is 9.91. The van der Waals surface area contributed by atoms with E-state index < -0.39 is 0 Å². The number of hydrogen-bond acceptors (Lipinski definition) is 1. The van der Waals surface area contributed by atoms with Gasteiger partial charge in [0.05, 0.1) is 5.84 Å². The molecule has 2 aliphatic rings. The molecule has 1 aliphatic heterocycles. The van der Waals surface area contributed by atoms with Crippen LogP contribution in [0.5, 0.6) is 0 Å². The van der Waals surface area contributed by atoms with E-state index in [2.05, 4.69) is 18.7 Å². The lowest BCUT2D eigenvalue weighted by molar-refractivity contribution is 0.242. The Morgan fingerprint density at radius 2 is 2.07 bits per heavy atom.